The van der Waals surface area contributed by atoms with Gasteiger partial charge >= 0.3 is 0 Å². The van der Waals surface area contributed by atoms with Gasteiger partial charge in [0.25, 0.3) is 5.95 Å². The number of nitrogens with one attached hydrogen (secondary N) is 1. The number of halogens is 2. The monoisotopic (exact) mass is 374 g/mol. The third-order valence-corrected chi connectivity index (χ3v) is 5.22. The van der Waals surface area contributed by atoms with Gasteiger partial charge in [-0.05, 0) is 24.6 Å². The van der Waals surface area contributed by atoms with E-state index in [0.29, 0.717) is 23.3 Å². The third-order valence-electron chi connectivity index (χ3n) is 3.64. The second-order valence-electron chi connectivity index (χ2n) is 5.34. The minimum atomic E-state index is -0.266. The predicted molar refractivity (Wildman–Crippen MR) is 95.8 cm³/mol. The number of thiophene rings is 1. The molecular formula is C16H12ClFN6S. The largest absolute Gasteiger partial charge is 0.365 e. The molecule has 1 aromatic carbocycles. The van der Waals surface area contributed by atoms with Gasteiger partial charge in [0.2, 0.25) is 0 Å². The number of aromatic nitrogens is 5. The number of benzene rings is 1. The van der Waals surface area contributed by atoms with Crippen LogP contribution >= 0.6 is 22.9 Å². The first-order valence-electron chi connectivity index (χ1n) is 7.42. The van der Waals surface area contributed by atoms with Gasteiger partial charge in [-0.2, -0.15) is 19.7 Å². The molecule has 0 amide bonds. The normalized spacial score (nSPS) is 11.2. The van der Waals surface area contributed by atoms with Crippen molar-refractivity contribution in [3.05, 3.63) is 58.2 Å². The van der Waals surface area contributed by atoms with E-state index in [2.05, 4.69) is 25.4 Å². The van der Waals surface area contributed by atoms with Crippen LogP contribution in [-0.4, -0.2) is 24.7 Å². The highest BCUT2D eigenvalue weighted by molar-refractivity contribution is 7.19. The Morgan fingerprint density at radius 2 is 2.04 bits per heavy atom. The van der Waals surface area contributed by atoms with E-state index in [-0.39, 0.29) is 5.82 Å². The van der Waals surface area contributed by atoms with E-state index in [0.717, 1.165) is 20.7 Å². The fourth-order valence-electron chi connectivity index (χ4n) is 2.40. The van der Waals surface area contributed by atoms with E-state index in [9.17, 15) is 4.39 Å². The van der Waals surface area contributed by atoms with Crippen LogP contribution in [0.3, 0.4) is 0 Å². The summed E-state index contributed by atoms with van der Waals surface area (Å²) in [5.41, 5.74) is 0.929. The minimum absolute atomic E-state index is 0.266. The Balaban J connectivity index is 1.76. The van der Waals surface area contributed by atoms with Gasteiger partial charge in [0.15, 0.2) is 0 Å². The lowest BCUT2D eigenvalue weighted by Crippen LogP contribution is -2.07. The fraction of sp³-hybridized carbons (Fsp3) is 0.125. The summed E-state index contributed by atoms with van der Waals surface area (Å²) in [5, 5.41) is 8.75. The number of hydrogen-bond acceptors (Lipinski definition) is 6. The van der Waals surface area contributed by atoms with Crippen molar-refractivity contribution in [1.82, 2.24) is 24.7 Å². The second-order valence-corrected chi connectivity index (χ2v) is 6.93. The van der Waals surface area contributed by atoms with Crippen LogP contribution < -0.4 is 5.32 Å². The molecule has 0 spiro atoms. The molecule has 6 nitrogen and oxygen atoms in total. The average Bonchev–Trinajstić information content (AvgIpc) is 3.23. The van der Waals surface area contributed by atoms with Gasteiger partial charge in [-0.3, -0.25) is 0 Å². The summed E-state index contributed by atoms with van der Waals surface area (Å²) in [6, 6.07) is 6.29. The molecule has 0 aliphatic rings. The van der Waals surface area contributed by atoms with E-state index in [1.54, 1.807) is 12.1 Å². The molecule has 9 heteroatoms. The van der Waals surface area contributed by atoms with Crippen molar-refractivity contribution in [2.24, 2.45) is 0 Å². The lowest BCUT2D eigenvalue weighted by atomic mass is 10.2. The molecule has 0 aliphatic carbocycles. The Kier molecular flexibility index (Phi) is 4.06. The van der Waals surface area contributed by atoms with Gasteiger partial charge in [0, 0.05) is 11.4 Å². The predicted octanol–water partition coefficient (Wildman–Crippen LogP) is 3.99. The van der Waals surface area contributed by atoms with Gasteiger partial charge < -0.3 is 5.32 Å². The van der Waals surface area contributed by atoms with Crippen LogP contribution in [0.15, 0.2) is 36.9 Å². The van der Waals surface area contributed by atoms with Crippen molar-refractivity contribution in [3.63, 3.8) is 0 Å². The molecule has 0 fully saturated rings. The molecule has 0 radical (unpaired) electrons. The van der Waals surface area contributed by atoms with Crippen molar-refractivity contribution in [1.29, 1.82) is 0 Å². The number of aryl methyl sites for hydroxylation is 1. The quantitative estimate of drug-likeness (QED) is 0.585. The van der Waals surface area contributed by atoms with E-state index in [1.807, 2.05) is 6.92 Å². The summed E-state index contributed by atoms with van der Waals surface area (Å²) < 4.78 is 14.5. The molecule has 4 rings (SSSR count). The molecule has 1 N–H and O–H groups in total. The van der Waals surface area contributed by atoms with Crippen LogP contribution in [0.5, 0.6) is 0 Å². The summed E-state index contributed by atoms with van der Waals surface area (Å²) >= 11 is 7.93. The smallest absolute Gasteiger partial charge is 0.255 e. The highest BCUT2D eigenvalue weighted by Gasteiger charge is 2.17. The number of hydrogen-bond donors (Lipinski definition) is 1. The van der Waals surface area contributed by atoms with Crippen molar-refractivity contribution in [2.75, 3.05) is 5.32 Å². The standard InChI is InChI=1S/C16H12ClFN6S/c1-9-13(17)12-14(20-6-10-2-4-11(18)5-3-10)22-16(23-15(12)25-9)24-8-19-7-21-24/h2-5,7-8H,6H2,1H3,(H,20,22,23). The molecule has 0 atom stereocenters. The molecule has 0 unspecified atom stereocenters. The lowest BCUT2D eigenvalue weighted by Gasteiger charge is -2.09. The van der Waals surface area contributed by atoms with Crippen LogP contribution in [0, 0.1) is 12.7 Å². The van der Waals surface area contributed by atoms with Crippen LogP contribution in [-0.2, 0) is 6.54 Å². The zero-order chi connectivity index (χ0) is 17.4. The minimum Gasteiger partial charge on any atom is -0.365 e. The summed E-state index contributed by atoms with van der Waals surface area (Å²) in [4.78, 5) is 14.7. The van der Waals surface area contributed by atoms with Crippen molar-refractivity contribution in [3.8, 4) is 5.95 Å². The van der Waals surface area contributed by atoms with E-state index in [4.69, 9.17) is 11.6 Å². The lowest BCUT2D eigenvalue weighted by molar-refractivity contribution is 0.627. The molecule has 25 heavy (non-hydrogen) atoms. The average molecular weight is 375 g/mol. The van der Waals surface area contributed by atoms with Crippen molar-refractivity contribution >= 4 is 39.0 Å². The summed E-state index contributed by atoms with van der Waals surface area (Å²) in [6.45, 7) is 2.42. The maximum Gasteiger partial charge on any atom is 0.255 e. The van der Waals surface area contributed by atoms with Crippen molar-refractivity contribution in [2.45, 2.75) is 13.5 Å². The van der Waals surface area contributed by atoms with Gasteiger partial charge in [0.1, 0.15) is 29.1 Å². The number of rotatable bonds is 4. The van der Waals surface area contributed by atoms with Gasteiger partial charge in [-0.15, -0.1) is 11.3 Å². The first kappa shape index (κ1) is 15.9. The summed E-state index contributed by atoms with van der Waals surface area (Å²) in [7, 11) is 0. The number of nitrogens with zero attached hydrogens (tertiary/aromatic N) is 5. The molecule has 3 heterocycles. The highest BCUT2D eigenvalue weighted by Crippen LogP contribution is 2.37. The second kappa shape index (κ2) is 6.38. The number of fused-ring (bicyclic) bond motifs is 1. The van der Waals surface area contributed by atoms with Gasteiger partial charge in [0.05, 0.1) is 10.4 Å². The summed E-state index contributed by atoms with van der Waals surface area (Å²) in [5.74, 6) is 0.747. The molecule has 126 valence electrons. The Bertz CT molecular complexity index is 1030. The Hall–Kier alpha value is -2.58. The van der Waals surface area contributed by atoms with Crippen LogP contribution in [0.25, 0.3) is 16.2 Å². The molecule has 0 saturated heterocycles. The molecule has 4 aromatic rings. The first-order valence-corrected chi connectivity index (χ1v) is 8.61. The van der Waals surface area contributed by atoms with Crippen molar-refractivity contribution < 1.29 is 4.39 Å². The Morgan fingerprint density at radius 3 is 2.76 bits per heavy atom. The van der Waals surface area contributed by atoms with E-state index >= 15 is 0 Å². The maximum atomic E-state index is 13.1. The van der Waals surface area contributed by atoms with Crippen LogP contribution in [0.4, 0.5) is 10.2 Å². The van der Waals surface area contributed by atoms with Crippen LogP contribution in [0.2, 0.25) is 5.02 Å². The van der Waals surface area contributed by atoms with E-state index < -0.39 is 0 Å². The zero-order valence-electron chi connectivity index (χ0n) is 13.1. The molecular weight excluding hydrogens is 363 g/mol. The zero-order valence-corrected chi connectivity index (χ0v) is 14.6. The van der Waals surface area contributed by atoms with Gasteiger partial charge in [-0.1, -0.05) is 23.7 Å². The Labute approximate surface area is 151 Å². The van der Waals surface area contributed by atoms with E-state index in [1.165, 1.54) is 40.8 Å². The molecule has 0 saturated carbocycles. The van der Waals surface area contributed by atoms with Crippen LogP contribution in [0.1, 0.15) is 10.4 Å². The first-order chi connectivity index (χ1) is 12.1. The molecule has 3 aromatic heterocycles. The summed E-state index contributed by atoms with van der Waals surface area (Å²) in [6.07, 6.45) is 2.96. The molecule has 0 aliphatic heterocycles. The third kappa shape index (κ3) is 3.06. The van der Waals surface area contributed by atoms with Gasteiger partial charge in [-0.25, -0.2) is 9.37 Å². The fourth-order valence-corrected chi connectivity index (χ4v) is 3.66. The topological polar surface area (TPSA) is 68.5 Å². The maximum absolute atomic E-state index is 13.1. The SMILES string of the molecule is Cc1sc2nc(-n3cncn3)nc(NCc3ccc(F)cc3)c2c1Cl. The number of anilines is 1. The molecule has 0 bridgehead atoms. The Morgan fingerprint density at radius 1 is 1.24 bits per heavy atom. The highest BCUT2D eigenvalue weighted by atomic mass is 35.5.